The first-order chi connectivity index (χ1) is 15.2. The highest BCUT2D eigenvalue weighted by Gasteiger charge is 2.37. The lowest BCUT2D eigenvalue weighted by Crippen LogP contribution is -2.45. The van der Waals surface area contributed by atoms with Crippen LogP contribution >= 0.6 is 11.3 Å². The van der Waals surface area contributed by atoms with Gasteiger partial charge in [0.05, 0.1) is 18.3 Å². The molecule has 158 valence electrons. The molecule has 31 heavy (non-hydrogen) atoms. The average Bonchev–Trinajstić information content (AvgIpc) is 3.48. The van der Waals surface area contributed by atoms with E-state index in [9.17, 15) is 9.50 Å². The molecule has 0 unspecified atom stereocenters. The van der Waals surface area contributed by atoms with Gasteiger partial charge >= 0.3 is 0 Å². The van der Waals surface area contributed by atoms with Crippen LogP contribution in [-0.2, 0) is 6.54 Å². The van der Waals surface area contributed by atoms with Crippen LogP contribution < -0.4 is 0 Å². The van der Waals surface area contributed by atoms with E-state index in [4.69, 9.17) is 0 Å². The normalized spacial score (nSPS) is 21.9. The highest BCUT2D eigenvalue weighted by atomic mass is 32.1. The molecule has 1 fully saturated rings. The van der Waals surface area contributed by atoms with Gasteiger partial charge in [-0.15, -0.1) is 16.4 Å². The summed E-state index contributed by atoms with van der Waals surface area (Å²) in [6, 6.07) is 20.7. The van der Waals surface area contributed by atoms with Crippen LogP contribution in [0, 0.1) is 5.82 Å². The topological polar surface area (TPSA) is 54.2 Å². The van der Waals surface area contributed by atoms with Gasteiger partial charge in [0, 0.05) is 29.6 Å². The number of hydrogen-bond donors (Lipinski definition) is 1. The van der Waals surface area contributed by atoms with E-state index >= 15 is 0 Å². The van der Waals surface area contributed by atoms with Crippen molar-refractivity contribution >= 4 is 11.3 Å². The fourth-order valence-electron chi connectivity index (χ4n) is 4.28. The van der Waals surface area contributed by atoms with Crippen LogP contribution in [0.15, 0.2) is 78.3 Å². The number of hydrogen-bond acceptors (Lipinski definition) is 5. The van der Waals surface area contributed by atoms with Gasteiger partial charge in [-0.1, -0.05) is 41.6 Å². The summed E-state index contributed by atoms with van der Waals surface area (Å²) in [6.45, 7) is 1.48. The largest absolute Gasteiger partial charge is 0.391 e. The van der Waals surface area contributed by atoms with Crippen LogP contribution in [0.4, 0.5) is 4.39 Å². The first-order valence-electron chi connectivity index (χ1n) is 10.3. The Bertz CT molecular complexity index is 1110. The molecule has 2 aromatic heterocycles. The van der Waals surface area contributed by atoms with E-state index in [0.717, 1.165) is 12.1 Å². The number of nitrogens with zero attached hydrogens (tertiary/aromatic N) is 4. The molecule has 0 aliphatic carbocycles. The van der Waals surface area contributed by atoms with Crippen molar-refractivity contribution in [1.82, 2.24) is 19.9 Å². The van der Waals surface area contributed by atoms with Crippen LogP contribution in [0.3, 0.4) is 0 Å². The fourth-order valence-corrected chi connectivity index (χ4v) is 5.00. The first kappa shape index (κ1) is 20.1. The van der Waals surface area contributed by atoms with Gasteiger partial charge in [0.15, 0.2) is 0 Å². The SMILES string of the molecule is O[C@H]1C[C@H](c2ccccc2)N(Cc2cccs2)C[C@@H]1n1cc(-c2ccc(F)cc2)nn1. The van der Waals surface area contributed by atoms with E-state index in [0.29, 0.717) is 18.7 Å². The average molecular weight is 435 g/mol. The second kappa shape index (κ2) is 8.70. The quantitative estimate of drug-likeness (QED) is 0.495. The van der Waals surface area contributed by atoms with Gasteiger partial charge in [0.25, 0.3) is 0 Å². The van der Waals surface area contributed by atoms with Crippen molar-refractivity contribution in [2.45, 2.75) is 31.2 Å². The summed E-state index contributed by atoms with van der Waals surface area (Å²) >= 11 is 1.74. The predicted molar refractivity (Wildman–Crippen MR) is 119 cm³/mol. The zero-order valence-electron chi connectivity index (χ0n) is 16.9. The van der Waals surface area contributed by atoms with Crippen LogP contribution in [0.2, 0.25) is 0 Å². The zero-order valence-corrected chi connectivity index (χ0v) is 17.7. The molecule has 0 amide bonds. The number of benzene rings is 2. The maximum atomic E-state index is 13.2. The summed E-state index contributed by atoms with van der Waals surface area (Å²) in [5.74, 6) is -0.282. The van der Waals surface area contributed by atoms with E-state index in [-0.39, 0.29) is 17.9 Å². The van der Waals surface area contributed by atoms with Crippen molar-refractivity contribution in [3.8, 4) is 11.3 Å². The van der Waals surface area contributed by atoms with Crippen LogP contribution in [0.5, 0.6) is 0 Å². The number of thiophene rings is 1. The molecule has 0 bridgehead atoms. The number of rotatable bonds is 5. The number of piperidine rings is 1. The van der Waals surface area contributed by atoms with Gasteiger partial charge < -0.3 is 5.11 Å². The molecule has 2 aromatic carbocycles. The van der Waals surface area contributed by atoms with Gasteiger partial charge in [-0.3, -0.25) is 4.90 Å². The lowest BCUT2D eigenvalue weighted by atomic mass is 9.90. The molecule has 0 radical (unpaired) electrons. The standard InChI is InChI=1S/C24H23FN4OS/c25-19-10-8-17(9-11-19)21-15-29(27-26-21)23-16-28(14-20-7-4-12-31-20)22(13-24(23)30)18-5-2-1-3-6-18/h1-12,15,22-24,30H,13-14,16H2/t22-,23+,24+/m1/s1. The minimum atomic E-state index is -0.549. The van der Waals surface area contributed by atoms with E-state index in [1.54, 1.807) is 28.2 Å². The molecule has 7 heteroatoms. The molecule has 4 aromatic rings. The highest BCUT2D eigenvalue weighted by molar-refractivity contribution is 7.09. The van der Waals surface area contributed by atoms with Crippen molar-refractivity contribution in [3.63, 3.8) is 0 Å². The van der Waals surface area contributed by atoms with Gasteiger partial charge in [-0.25, -0.2) is 9.07 Å². The molecular weight excluding hydrogens is 411 g/mol. The van der Waals surface area contributed by atoms with Crippen LogP contribution in [0.25, 0.3) is 11.3 Å². The summed E-state index contributed by atoms with van der Waals surface area (Å²) in [5, 5.41) is 21.7. The van der Waals surface area contributed by atoms with Crippen molar-refractivity contribution in [2.75, 3.05) is 6.54 Å². The molecule has 1 saturated heterocycles. The molecule has 0 saturated carbocycles. The third kappa shape index (κ3) is 4.30. The second-order valence-electron chi connectivity index (χ2n) is 7.90. The second-order valence-corrected chi connectivity index (χ2v) is 8.93. The molecule has 5 rings (SSSR count). The van der Waals surface area contributed by atoms with Crippen LogP contribution in [0.1, 0.15) is 28.9 Å². The summed E-state index contributed by atoms with van der Waals surface area (Å²) in [7, 11) is 0. The Morgan fingerprint density at radius 1 is 1.03 bits per heavy atom. The Kier molecular flexibility index (Phi) is 5.63. The Balaban J connectivity index is 1.42. The number of aromatic nitrogens is 3. The molecule has 3 heterocycles. The van der Waals surface area contributed by atoms with Crippen molar-refractivity contribution in [2.24, 2.45) is 0 Å². The third-order valence-corrected chi connectivity index (χ3v) is 6.75. The Morgan fingerprint density at radius 2 is 1.84 bits per heavy atom. The summed E-state index contributed by atoms with van der Waals surface area (Å²) in [5.41, 5.74) is 2.68. The lowest BCUT2D eigenvalue weighted by molar-refractivity contribution is -0.0105. The molecule has 0 spiro atoms. The van der Waals surface area contributed by atoms with E-state index in [1.165, 1.54) is 22.6 Å². The predicted octanol–water partition coefficient (Wildman–Crippen LogP) is 4.69. The van der Waals surface area contributed by atoms with E-state index < -0.39 is 6.10 Å². The maximum Gasteiger partial charge on any atom is 0.123 e. The van der Waals surface area contributed by atoms with E-state index in [1.807, 2.05) is 24.4 Å². The molecule has 1 aliphatic heterocycles. The maximum absolute atomic E-state index is 13.2. The minimum absolute atomic E-state index is 0.134. The first-order valence-corrected chi connectivity index (χ1v) is 11.2. The molecule has 3 atom stereocenters. The minimum Gasteiger partial charge on any atom is -0.391 e. The molecule has 5 nitrogen and oxygen atoms in total. The summed E-state index contributed by atoms with van der Waals surface area (Å²) < 4.78 is 15.0. The van der Waals surface area contributed by atoms with Gasteiger partial charge in [0.1, 0.15) is 11.5 Å². The Labute approximate surface area is 184 Å². The van der Waals surface area contributed by atoms with Crippen molar-refractivity contribution in [3.05, 3.63) is 94.6 Å². The number of aliphatic hydroxyl groups excluding tert-OH is 1. The number of aliphatic hydroxyl groups is 1. The molecular formula is C24H23FN4OS. The smallest absolute Gasteiger partial charge is 0.123 e. The van der Waals surface area contributed by atoms with Crippen LogP contribution in [-0.4, -0.2) is 37.6 Å². The van der Waals surface area contributed by atoms with Gasteiger partial charge in [-0.05, 0) is 47.7 Å². The van der Waals surface area contributed by atoms with Gasteiger partial charge in [-0.2, -0.15) is 0 Å². The molecule has 1 N–H and O–H groups in total. The molecule has 1 aliphatic rings. The Morgan fingerprint density at radius 3 is 2.58 bits per heavy atom. The highest BCUT2D eigenvalue weighted by Crippen LogP contribution is 2.37. The fraction of sp³-hybridized carbons (Fsp3) is 0.250. The number of likely N-dealkylation sites (tertiary alicyclic amines) is 1. The van der Waals surface area contributed by atoms with E-state index in [2.05, 4.69) is 44.9 Å². The van der Waals surface area contributed by atoms with Crippen molar-refractivity contribution < 1.29 is 9.50 Å². The number of halogens is 1. The van der Waals surface area contributed by atoms with Crippen molar-refractivity contribution in [1.29, 1.82) is 0 Å². The lowest BCUT2D eigenvalue weighted by Gasteiger charge is -2.42. The third-order valence-electron chi connectivity index (χ3n) is 5.88. The summed E-state index contributed by atoms with van der Waals surface area (Å²) in [4.78, 5) is 3.71. The Hall–Kier alpha value is -2.87. The zero-order chi connectivity index (χ0) is 21.2. The summed E-state index contributed by atoms with van der Waals surface area (Å²) in [6.07, 6.45) is 1.91. The monoisotopic (exact) mass is 434 g/mol. The van der Waals surface area contributed by atoms with Gasteiger partial charge in [0.2, 0.25) is 0 Å².